The third-order valence-electron chi connectivity index (χ3n) is 1.95. The number of para-hydroxylation sites is 1. The van der Waals surface area contributed by atoms with Crippen LogP contribution in [0.25, 0.3) is 0 Å². The second-order valence-electron chi connectivity index (χ2n) is 3.37. The van der Waals surface area contributed by atoms with Crippen molar-refractivity contribution < 1.29 is 5.11 Å². The SMILES string of the molecule is CC(CCO)N=C(N)Nc1ccccc1. The first-order valence-corrected chi connectivity index (χ1v) is 4.98. The van der Waals surface area contributed by atoms with E-state index in [2.05, 4.69) is 10.3 Å². The molecule has 0 bridgehead atoms. The second kappa shape index (κ2) is 6.03. The molecule has 4 N–H and O–H groups in total. The molecule has 1 unspecified atom stereocenters. The summed E-state index contributed by atoms with van der Waals surface area (Å²) in [6, 6.07) is 9.65. The molecule has 0 amide bonds. The number of hydrogen-bond donors (Lipinski definition) is 3. The van der Waals surface area contributed by atoms with Gasteiger partial charge in [-0.2, -0.15) is 0 Å². The number of hydrogen-bond acceptors (Lipinski definition) is 2. The van der Waals surface area contributed by atoms with E-state index in [9.17, 15) is 0 Å². The van der Waals surface area contributed by atoms with Crippen molar-refractivity contribution in [3.63, 3.8) is 0 Å². The average molecular weight is 207 g/mol. The number of anilines is 1. The van der Waals surface area contributed by atoms with E-state index in [1.807, 2.05) is 37.3 Å². The maximum Gasteiger partial charge on any atom is 0.193 e. The van der Waals surface area contributed by atoms with Gasteiger partial charge in [-0.05, 0) is 25.5 Å². The molecule has 1 atom stereocenters. The Morgan fingerprint density at radius 1 is 1.47 bits per heavy atom. The highest BCUT2D eigenvalue weighted by atomic mass is 16.3. The van der Waals surface area contributed by atoms with Gasteiger partial charge < -0.3 is 16.2 Å². The van der Waals surface area contributed by atoms with E-state index < -0.39 is 0 Å². The van der Waals surface area contributed by atoms with Gasteiger partial charge in [0, 0.05) is 12.3 Å². The van der Waals surface area contributed by atoms with Gasteiger partial charge in [0.25, 0.3) is 0 Å². The van der Waals surface area contributed by atoms with Crippen molar-refractivity contribution in [2.24, 2.45) is 10.7 Å². The summed E-state index contributed by atoms with van der Waals surface area (Å²) in [6.07, 6.45) is 0.622. The molecule has 4 heteroatoms. The fourth-order valence-corrected chi connectivity index (χ4v) is 1.19. The molecule has 0 saturated carbocycles. The standard InChI is InChI=1S/C11H17N3O/c1-9(7-8-15)13-11(12)14-10-5-3-2-4-6-10/h2-6,9,15H,7-8H2,1H3,(H3,12,13,14). The first-order valence-electron chi connectivity index (χ1n) is 4.98. The summed E-state index contributed by atoms with van der Waals surface area (Å²) in [5.74, 6) is 0.377. The van der Waals surface area contributed by atoms with Gasteiger partial charge in [0.05, 0.1) is 6.04 Å². The van der Waals surface area contributed by atoms with Crippen LogP contribution in [0.4, 0.5) is 5.69 Å². The molecule has 82 valence electrons. The van der Waals surface area contributed by atoms with Gasteiger partial charge in [-0.3, -0.25) is 4.99 Å². The van der Waals surface area contributed by atoms with Gasteiger partial charge in [0.15, 0.2) is 5.96 Å². The van der Waals surface area contributed by atoms with Crippen LogP contribution in [0.15, 0.2) is 35.3 Å². The molecule has 0 aliphatic rings. The quantitative estimate of drug-likeness (QED) is 0.513. The first kappa shape index (κ1) is 11.5. The minimum absolute atomic E-state index is 0.0335. The lowest BCUT2D eigenvalue weighted by Crippen LogP contribution is -2.24. The predicted molar refractivity (Wildman–Crippen MR) is 62.9 cm³/mol. The molecule has 0 spiro atoms. The number of aliphatic hydroxyl groups excluding tert-OH is 1. The molecule has 1 aromatic carbocycles. The minimum atomic E-state index is 0.0335. The Morgan fingerprint density at radius 3 is 2.73 bits per heavy atom. The minimum Gasteiger partial charge on any atom is -0.396 e. The molecule has 0 heterocycles. The molecule has 1 rings (SSSR count). The highest BCUT2D eigenvalue weighted by Crippen LogP contribution is 2.04. The molecule has 0 aromatic heterocycles. The Hall–Kier alpha value is -1.55. The van der Waals surface area contributed by atoms with E-state index in [1.165, 1.54) is 0 Å². The monoisotopic (exact) mass is 207 g/mol. The normalized spacial score (nSPS) is 13.6. The van der Waals surface area contributed by atoms with Crippen LogP contribution in [-0.4, -0.2) is 23.7 Å². The summed E-state index contributed by atoms with van der Waals surface area (Å²) >= 11 is 0. The van der Waals surface area contributed by atoms with Crippen molar-refractivity contribution in [1.82, 2.24) is 0 Å². The highest BCUT2D eigenvalue weighted by Gasteiger charge is 1.99. The Morgan fingerprint density at radius 2 is 2.13 bits per heavy atom. The third-order valence-corrected chi connectivity index (χ3v) is 1.95. The van der Waals surface area contributed by atoms with Crippen molar-refractivity contribution in [3.05, 3.63) is 30.3 Å². The van der Waals surface area contributed by atoms with Crippen LogP contribution >= 0.6 is 0 Å². The van der Waals surface area contributed by atoms with Crippen LogP contribution in [0.5, 0.6) is 0 Å². The van der Waals surface area contributed by atoms with E-state index in [4.69, 9.17) is 10.8 Å². The van der Waals surface area contributed by atoms with E-state index >= 15 is 0 Å². The van der Waals surface area contributed by atoms with Crippen LogP contribution in [0.1, 0.15) is 13.3 Å². The zero-order valence-electron chi connectivity index (χ0n) is 8.85. The van der Waals surface area contributed by atoms with Crippen molar-refractivity contribution in [2.45, 2.75) is 19.4 Å². The molecule has 0 saturated heterocycles. The van der Waals surface area contributed by atoms with Crippen LogP contribution < -0.4 is 11.1 Å². The Kier molecular flexibility index (Phi) is 4.63. The predicted octanol–water partition coefficient (Wildman–Crippen LogP) is 1.18. The molecule has 15 heavy (non-hydrogen) atoms. The number of aliphatic imine (C=N–C) groups is 1. The van der Waals surface area contributed by atoms with Crippen LogP contribution in [-0.2, 0) is 0 Å². The first-order chi connectivity index (χ1) is 7.22. The Bertz CT molecular complexity index is 311. The third kappa shape index (κ3) is 4.46. The van der Waals surface area contributed by atoms with Gasteiger partial charge in [0.2, 0.25) is 0 Å². The van der Waals surface area contributed by atoms with Crippen molar-refractivity contribution >= 4 is 11.6 Å². The molecule has 0 aliphatic carbocycles. The van der Waals surface area contributed by atoms with Crippen LogP contribution in [0.3, 0.4) is 0 Å². The summed E-state index contributed by atoms with van der Waals surface area (Å²) in [5, 5.41) is 11.7. The number of nitrogens with one attached hydrogen (secondary N) is 1. The number of rotatable bonds is 4. The molecule has 4 nitrogen and oxygen atoms in total. The Balaban J connectivity index is 2.51. The van der Waals surface area contributed by atoms with E-state index in [1.54, 1.807) is 0 Å². The van der Waals surface area contributed by atoms with Gasteiger partial charge in [-0.15, -0.1) is 0 Å². The summed E-state index contributed by atoms with van der Waals surface area (Å²) in [4.78, 5) is 4.19. The van der Waals surface area contributed by atoms with E-state index in [0.29, 0.717) is 12.4 Å². The zero-order chi connectivity index (χ0) is 11.1. The van der Waals surface area contributed by atoms with Crippen LogP contribution in [0, 0.1) is 0 Å². The smallest absolute Gasteiger partial charge is 0.193 e. The highest BCUT2D eigenvalue weighted by molar-refractivity contribution is 5.92. The molecular formula is C11H17N3O. The summed E-state index contributed by atoms with van der Waals surface area (Å²) in [5.41, 5.74) is 6.61. The number of aliphatic hydroxyl groups is 1. The van der Waals surface area contributed by atoms with E-state index in [-0.39, 0.29) is 12.6 Å². The van der Waals surface area contributed by atoms with Gasteiger partial charge >= 0.3 is 0 Å². The van der Waals surface area contributed by atoms with Gasteiger partial charge in [-0.1, -0.05) is 18.2 Å². The van der Waals surface area contributed by atoms with E-state index in [0.717, 1.165) is 5.69 Å². The number of nitrogens with two attached hydrogens (primary N) is 1. The van der Waals surface area contributed by atoms with Gasteiger partial charge in [-0.25, -0.2) is 0 Å². The lowest BCUT2D eigenvalue weighted by molar-refractivity contribution is 0.279. The maximum absolute atomic E-state index is 8.71. The maximum atomic E-state index is 8.71. The second-order valence-corrected chi connectivity index (χ2v) is 3.37. The summed E-state index contributed by atoms with van der Waals surface area (Å²) in [6.45, 7) is 2.04. The molecule has 0 fully saturated rings. The van der Waals surface area contributed by atoms with Crippen LogP contribution in [0.2, 0.25) is 0 Å². The van der Waals surface area contributed by atoms with Gasteiger partial charge in [0.1, 0.15) is 0 Å². The fourth-order valence-electron chi connectivity index (χ4n) is 1.19. The fraction of sp³-hybridized carbons (Fsp3) is 0.364. The van der Waals surface area contributed by atoms with Crippen molar-refractivity contribution in [1.29, 1.82) is 0 Å². The Labute approximate surface area is 89.8 Å². The van der Waals surface area contributed by atoms with Crippen molar-refractivity contribution in [2.75, 3.05) is 11.9 Å². The molecular weight excluding hydrogens is 190 g/mol. The number of guanidine groups is 1. The molecule has 0 aliphatic heterocycles. The lowest BCUT2D eigenvalue weighted by atomic mass is 10.3. The molecule has 1 aromatic rings. The van der Waals surface area contributed by atoms with Crippen molar-refractivity contribution in [3.8, 4) is 0 Å². The summed E-state index contributed by atoms with van der Waals surface area (Å²) in [7, 11) is 0. The largest absolute Gasteiger partial charge is 0.396 e. The number of nitrogens with zero attached hydrogens (tertiary/aromatic N) is 1. The summed E-state index contributed by atoms with van der Waals surface area (Å²) < 4.78 is 0. The lowest BCUT2D eigenvalue weighted by Gasteiger charge is -2.08. The zero-order valence-corrected chi connectivity index (χ0v) is 8.85. The number of benzene rings is 1. The average Bonchev–Trinajstić information content (AvgIpc) is 2.19. The molecule has 0 radical (unpaired) electrons. The topological polar surface area (TPSA) is 70.6 Å².